The average molecular weight is 497 g/mol. The first-order chi connectivity index (χ1) is 17.5. The van der Waals surface area contributed by atoms with Crippen molar-refractivity contribution in [2.45, 2.75) is 31.2 Å². The van der Waals surface area contributed by atoms with Crippen LogP contribution in [0.15, 0.2) is 72.8 Å². The lowest BCUT2D eigenvalue weighted by Crippen LogP contribution is -2.48. The van der Waals surface area contributed by atoms with Gasteiger partial charge in [0.25, 0.3) is 0 Å². The number of thioether (sulfide) groups is 1. The molecule has 5 nitrogen and oxygen atoms in total. The van der Waals surface area contributed by atoms with E-state index in [1.165, 1.54) is 4.90 Å². The van der Waals surface area contributed by atoms with Crippen LogP contribution in [0.3, 0.4) is 0 Å². The molecular formula is C30H28N2O3S. The van der Waals surface area contributed by atoms with Gasteiger partial charge in [0.1, 0.15) is 6.04 Å². The third kappa shape index (κ3) is 3.42. The van der Waals surface area contributed by atoms with Crippen molar-refractivity contribution in [1.82, 2.24) is 4.90 Å². The molecule has 3 amide bonds. The molecule has 2 bridgehead atoms. The maximum Gasteiger partial charge on any atom is 0.247 e. The van der Waals surface area contributed by atoms with Gasteiger partial charge >= 0.3 is 0 Å². The molecule has 3 unspecified atom stereocenters. The standard InChI is InChI=1S/C30H28N2O3S/c1-17-11-13-18(14-12-17)31-28(33)23(15-16-36-2)32-29(34)26-24-19-7-3-4-8-20(19)25(27(26)30(32)35)22-10-6-5-9-21(22)24/h3-14,23-27H,15-16H2,1-2H3,(H,31,33). The number of rotatable bonds is 6. The molecule has 4 aliphatic rings. The SMILES string of the molecule is CSCCC(C(=O)Nc1ccc(C)cc1)N1C(=O)C2C3c4ccccc4C(c4ccccc43)C2C1=O. The Morgan fingerprint density at radius 2 is 1.31 bits per heavy atom. The highest BCUT2D eigenvalue weighted by Gasteiger charge is 2.62. The molecule has 0 aromatic heterocycles. The van der Waals surface area contributed by atoms with Crippen molar-refractivity contribution >= 4 is 35.2 Å². The van der Waals surface area contributed by atoms with Crippen LogP contribution in [0.4, 0.5) is 5.69 Å². The topological polar surface area (TPSA) is 66.5 Å². The van der Waals surface area contributed by atoms with Gasteiger partial charge in [-0.05, 0) is 59.7 Å². The van der Waals surface area contributed by atoms with Gasteiger partial charge in [-0.25, -0.2) is 0 Å². The lowest BCUT2D eigenvalue weighted by Gasteiger charge is -2.45. The molecule has 7 rings (SSSR count). The zero-order chi connectivity index (χ0) is 25.0. The van der Waals surface area contributed by atoms with Crippen molar-refractivity contribution in [2.75, 3.05) is 17.3 Å². The number of aryl methyl sites for hydroxylation is 1. The highest BCUT2D eigenvalue weighted by atomic mass is 32.2. The van der Waals surface area contributed by atoms with Gasteiger partial charge in [0, 0.05) is 17.5 Å². The number of amides is 3. The van der Waals surface area contributed by atoms with Gasteiger partial charge in [-0.1, -0.05) is 66.2 Å². The number of carbonyl (C=O) groups is 3. The first-order valence-electron chi connectivity index (χ1n) is 12.4. The molecule has 1 saturated heterocycles. The second kappa shape index (κ2) is 8.93. The molecule has 0 spiro atoms. The molecule has 3 aliphatic carbocycles. The van der Waals surface area contributed by atoms with Crippen LogP contribution in [0.1, 0.15) is 46.1 Å². The summed E-state index contributed by atoms with van der Waals surface area (Å²) in [6, 6.07) is 23.1. The minimum atomic E-state index is -0.838. The molecule has 1 heterocycles. The van der Waals surface area contributed by atoms with Crippen LogP contribution in [0.5, 0.6) is 0 Å². The molecule has 3 atom stereocenters. The summed E-state index contributed by atoms with van der Waals surface area (Å²) in [5.41, 5.74) is 6.29. The van der Waals surface area contributed by atoms with Crippen molar-refractivity contribution in [3.63, 3.8) is 0 Å². The van der Waals surface area contributed by atoms with Crippen LogP contribution in [0.2, 0.25) is 0 Å². The minimum Gasteiger partial charge on any atom is -0.324 e. The third-order valence-electron chi connectivity index (χ3n) is 8.01. The number of nitrogens with one attached hydrogen (secondary N) is 1. The van der Waals surface area contributed by atoms with E-state index in [1.54, 1.807) is 11.8 Å². The molecule has 182 valence electrons. The molecule has 1 fully saturated rings. The van der Waals surface area contributed by atoms with E-state index >= 15 is 0 Å². The maximum atomic E-state index is 14.1. The molecule has 1 aliphatic heterocycles. The normalized spacial score (nSPS) is 24.2. The monoisotopic (exact) mass is 496 g/mol. The fourth-order valence-electron chi connectivity index (χ4n) is 6.48. The van der Waals surface area contributed by atoms with Crippen molar-refractivity contribution in [3.05, 3.63) is 101 Å². The summed E-state index contributed by atoms with van der Waals surface area (Å²) >= 11 is 1.61. The summed E-state index contributed by atoms with van der Waals surface area (Å²) < 4.78 is 0. The zero-order valence-electron chi connectivity index (χ0n) is 20.3. The van der Waals surface area contributed by atoms with Crippen LogP contribution in [0.25, 0.3) is 0 Å². The second-order valence-corrected chi connectivity index (χ2v) is 10.9. The van der Waals surface area contributed by atoms with Gasteiger partial charge in [0.05, 0.1) is 11.8 Å². The van der Waals surface area contributed by atoms with Crippen LogP contribution >= 0.6 is 11.8 Å². The van der Waals surface area contributed by atoms with E-state index in [1.807, 2.05) is 61.7 Å². The molecule has 1 N–H and O–H groups in total. The first kappa shape index (κ1) is 23.0. The van der Waals surface area contributed by atoms with Gasteiger partial charge < -0.3 is 5.32 Å². The van der Waals surface area contributed by atoms with Crippen LogP contribution in [-0.4, -0.2) is 40.7 Å². The Kier molecular flexibility index (Phi) is 5.72. The Morgan fingerprint density at radius 3 is 1.75 bits per heavy atom. The van der Waals surface area contributed by atoms with E-state index in [0.717, 1.165) is 27.8 Å². The fraction of sp³-hybridized carbons (Fsp3) is 0.300. The van der Waals surface area contributed by atoms with E-state index in [0.29, 0.717) is 17.9 Å². The predicted molar refractivity (Wildman–Crippen MR) is 142 cm³/mol. The smallest absolute Gasteiger partial charge is 0.247 e. The van der Waals surface area contributed by atoms with E-state index in [-0.39, 0.29) is 29.6 Å². The summed E-state index contributed by atoms with van der Waals surface area (Å²) in [6.45, 7) is 1.99. The Labute approximate surface area is 215 Å². The van der Waals surface area contributed by atoms with Crippen LogP contribution in [-0.2, 0) is 14.4 Å². The molecule has 3 aromatic carbocycles. The summed E-state index contributed by atoms with van der Waals surface area (Å²) in [5, 5.41) is 2.96. The maximum absolute atomic E-state index is 14.1. The van der Waals surface area contributed by atoms with E-state index in [9.17, 15) is 14.4 Å². The first-order valence-corrected chi connectivity index (χ1v) is 13.8. The molecule has 3 aromatic rings. The average Bonchev–Trinajstić information content (AvgIpc) is 3.16. The fourth-order valence-corrected chi connectivity index (χ4v) is 6.94. The van der Waals surface area contributed by atoms with E-state index in [4.69, 9.17) is 0 Å². The Balaban J connectivity index is 1.39. The largest absolute Gasteiger partial charge is 0.324 e. The third-order valence-corrected chi connectivity index (χ3v) is 8.66. The highest BCUT2D eigenvalue weighted by Crippen LogP contribution is 2.61. The number of carbonyl (C=O) groups excluding carboxylic acids is 3. The van der Waals surface area contributed by atoms with Crippen LogP contribution < -0.4 is 5.32 Å². The number of hydrogen-bond donors (Lipinski definition) is 1. The lowest BCUT2D eigenvalue weighted by atomic mass is 9.55. The molecule has 0 radical (unpaired) electrons. The summed E-state index contributed by atoms with van der Waals surface area (Å²) in [7, 11) is 0. The van der Waals surface area contributed by atoms with Crippen molar-refractivity contribution < 1.29 is 14.4 Å². The predicted octanol–water partition coefficient (Wildman–Crippen LogP) is 4.95. The summed E-state index contributed by atoms with van der Waals surface area (Å²) in [5.74, 6) is -1.36. The minimum absolute atomic E-state index is 0.171. The summed E-state index contributed by atoms with van der Waals surface area (Å²) in [4.78, 5) is 43.0. The number of benzene rings is 3. The van der Waals surface area contributed by atoms with Gasteiger partial charge in [0.15, 0.2) is 0 Å². The van der Waals surface area contributed by atoms with Crippen LogP contribution in [0, 0.1) is 18.8 Å². The van der Waals surface area contributed by atoms with Crippen molar-refractivity contribution in [1.29, 1.82) is 0 Å². The number of likely N-dealkylation sites (tertiary alicyclic amines) is 1. The molecular weight excluding hydrogens is 468 g/mol. The molecule has 0 saturated carbocycles. The van der Waals surface area contributed by atoms with Gasteiger partial charge in [0.2, 0.25) is 17.7 Å². The number of nitrogens with zero attached hydrogens (tertiary/aromatic N) is 1. The second-order valence-electron chi connectivity index (χ2n) is 9.96. The number of imide groups is 1. The highest BCUT2D eigenvalue weighted by molar-refractivity contribution is 7.98. The van der Waals surface area contributed by atoms with Gasteiger partial charge in [-0.15, -0.1) is 0 Å². The van der Waals surface area contributed by atoms with Crippen molar-refractivity contribution in [2.24, 2.45) is 11.8 Å². The number of anilines is 1. The Hall–Kier alpha value is -3.38. The Bertz CT molecular complexity index is 1250. The van der Waals surface area contributed by atoms with Gasteiger partial charge in [-0.3, -0.25) is 19.3 Å². The quantitative estimate of drug-likeness (QED) is 0.491. The Morgan fingerprint density at radius 1 is 0.833 bits per heavy atom. The van der Waals surface area contributed by atoms with E-state index < -0.39 is 17.9 Å². The summed E-state index contributed by atoms with van der Waals surface area (Å²) in [6.07, 6.45) is 2.39. The van der Waals surface area contributed by atoms with E-state index in [2.05, 4.69) is 29.6 Å². The molecule has 36 heavy (non-hydrogen) atoms. The van der Waals surface area contributed by atoms with Crippen molar-refractivity contribution in [3.8, 4) is 0 Å². The lowest BCUT2D eigenvalue weighted by molar-refractivity contribution is -0.146. The number of hydrogen-bond acceptors (Lipinski definition) is 4. The molecule has 6 heteroatoms. The zero-order valence-corrected chi connectivity index (χ0v) is 21.1. The van der Waals surface area contributed by atoms with Gasteiger partial charge in [-0.2, -0.15) is 11.8 Å².